The Morgan fingerprint density at radius 2 is 1.11 bits per heavy atom. The second-order valence-corrected chi connectivity index (χ2v) is 29.3. The number of hydrogen-bond acceptors (Lipinski definition) is 15. The maximum atomic E-state index is 13.2. The standard InChI is InChI=1S/C22H38O4.C15H24O5.C14H20F6O3.C10H16O4/c1-8-17(2,3)16(23)26-22-11-15-9-20(13-22,18(4,5)24)12-21(10-15,14-22)19(6,7)25;1-8-10-6-9(13(19-10)14(8,2)3)15(4,5)20-12(18)7-11(16)17;1-4-10(2,3)9(21)23-11(7-5-6-8-11)12(22,13(15,16)17)14(18,19)20;1-4-10(2,3)9(12)14-7-5-6-13-8(7)11/h15,24-25H,8-14H2,1-7H3;8-10,13H,6-7H2,1-5H3,(H,16,17);22H,4-8H2,1-3H3;7H,4-6H2,1-3H3. The lowest BCUT2D eigenvalue weighted by molar-refractivity contribution is -0.412. The van der Waals surface area contributed by atoms with Gasteiger partial charge in [0.25, 0.3) is 5.60 Å². The number of ether oxygens (including phenoxy) is 6. The van der Waals surface area contributed by atoms with Gasteiger partial charge in [0.15, 0.2) is 5.60 Å². The summed E-state index contributed by atoms with van der Waals surface area (Å²) in [5, 5.41) is 40.5. The highest BCUT2D eigenvalue weighted by Crippen LogP contribution is 2.73. The van der Waals surface area contributed by atoms with Crippen LogP contribution in [0.2, 0.25) is 0 Å². The molecule has 5 aliphatic carbocycles. The molecule has 7 atom stereocenters. The van der Waals surface area contributed by atoms with Crippen LogP contribution < -0.4 is 0 Å². The van der Waals surface area contributed by atoms with Gasteiger partial charge in [-0.15, -0.1) is 0 Å². The van der Waals surface area contributed by atoms with E-state index in [0.717, 1.165) is 38.5 Å². The smallest absolute Gasteiger partial charge is 0.430 e. The average molecular weight is 1200 g/mol. The van der Waals surface area contributed by atoms with Gasteiger partial charge in [0.1, 0.15) is 17.6 Å². The molecule has 3 aliphatic heterocycles. The summed E-state index contributed by atoms with van der Waals surface area (Å²) in [6.45, 7) is 33.9. The van der Waals surface area contributed by atoms with Gasteiger partial charge in [0, 0.05) is 23.2 Å². The molecule has 4 N–H and O–H groups in total. The van der Waals surface area contributed by atoms with E-state index in [2.05, 4.69) is 20.8 Å². The molecule has 83 heavy (non-hydrogen) atoms. The molecular weight excluding hydrogens is 1100 g/mol. The predicted octanol–water partition coefficient (Wildman–Crippen LogP) is 11.9. The molecule has 6 bridgehead atoms. The Bertz CT molecular complexity index is 2310. The fraction of sp³-hybridized carbons (Fsp3) is 0.902. The molecule has 0 aromatic heterocycles. The Labute approximate surface area is 486 Å². The van der Waals surface area contributed by atoms with E-state index in [4.69, 9.17) is 33.5 Å². The molecule has 480 valence electrons. The maximum Gasteiger partial charge on any atom is 0.430 e. The summed E-state index contributed by atoms with van der Waals surface area (Å²) in [5.41, 5.74) is -14.0. The number of fused-ring (bicyclic) bond motifs is 2. The van der Waals surface area contributed by atoms with Gasteiger partial charge in [-0.2, -0.15) is 26.3 Å². The number of rotatable bonds is 16. The number of alkyl halides is 6. The van der Waals surface area contributed by atoms with E-state index in [-0.39, 0.29) is 65.6 Å². The lowest BCUT2D eigenvalue weighted by Gasteiger charge is -2.70. The summed E-state index contributed by atoms with van der Waals surface area (Å²) in [7, 11) is 0. The van der Waals surface area contributed by atoms with Crippen LogP contribution in [0, 0.1) is 50.2 Å². The van der Waals surface area contributed by atoms with E-state index in [0.29, 0.717) is 44.1 Å². The average Bonchev–Trinajstić information content (AvgIpc) is 1.67. The molecule has 0 amide bonds. The number of carboxylic acids is 1. The third-order valence-corrected chi connectivity index (χ3v) is 20.8. The monoisotopic (exact) mass is 1200 g/mol. The first-order chi connectivity index (χ1) is 37.3. The number of esters is 5. The van der Waals surface area contributed by atoms with Crippen molar-refractivity contribution in [3.63, 3.8) is 0 Å². The first-order valence-electron chi connectivity index (χ1n) is 29.5. The Kier molecular flexibility index (Phi) is 20.8. The van der Waals surface area contributed by atoms with Crippen molar-refractivity contribution in [3.8, 4) is 0 Å². The second kappa shape index (κ2) is 24.1. The summed E-state index contributed by atoms with van der Waals surface area (Å²) in [6, 6.07) is 0. The number of aliphatic carboxylic acids is 1. The van der Waals surface area contributed by atoms with E-state index in [1.165, 1.54) is 13.8 Å². The van der Waals surface area contributed by atoms with Crippen molar-refractivity contribution in [2.75, 3.05) is 6.61 Å². The normalized spacial score (nSPS) is 30.1. The number of aliphatic hydroxyl groups is 3. The van der Waals surface area contributed by atoms with Gasteiger partial charge < -0.3 is 48.8 Å². The molecule has 22 heteroatoms. The van der Waals surface area contributed by atoms with Crippen LogP contribution in [0.4, 0.5) is 26.3 Å². The van der Waals surface area contributed by atoms with Crippen molar-refractivity contribution >= 4 is 35.8 Å². The van der Waals surface area contributed by atoms with E-state index in [1.807, 2.05) is 69.2 Å². The van der Waals surface area contributed by atoms with E-state index in [9.17, 15) is 70.4 Å². The third-order valence-electron chi connectivity index (χ3n) is 20.8. The fourth-order valence-electron chi connectivity index (χ4n) is 13.6. The molecule has 0 radical (unpaired) electrons. The second-order valence-electron chi connectivity index (χ2n) is 29.3. The van der Waals surface area contributed by atoms with Crippen LogP contribution in [0.25, 0.3) is 0 Å². The Balaban J connectivity index is 0.000000243. The highest BCUT2D eigenvalue weighted by Gasteiger charge is 2.81. The molecule has 16 nitrogen and oxygen atoms in total. The first kappa shape index (κ1) is 71.7. The van der Waals surface area contributed by atoms with Gasteiger partial charge in [-0.25, -0.2) is 4.79 Å². The molecule has 3 saturated heterocycles. The van der Waals surface area contributed by atoms with E-state index < -0.39 is 111 Å². The van der Waals surface area contributed by atoms with Crippen LogP contribution in [0.15, 0.2) is 0 Å². The minimum Gasteiger partial charge on any atom is -0.481 e. The minimum atomic E-state index is -6.02. The van der Waals surface area contributed by atoms with Gasteiger partial charge in [0.2, 0.25) is 6.10 Å². The molecule has 3 heterocycles. The molecule has 8 rings (SSSR count). The number of carbonyl (C=O) groups is 6. The van der Waals surface area contributed by atoms with Crippen molar-refractivity contribution < 1.29 is 104 Å². The summed E-state index contributed by atoms with van der Waals surface area (Å²) < 4.78 is 111. The predicted molar refractivity (Wildman–Crippen MR) is 292 cm³/mol. The summed E-state index contributed by atoms with van der Waals surface area (Å²) >= 11 is 0. The van der Waals surface area contributed by atoms with Gasteiger partial charge in [-0.1, -0.05) is 41.5 Å². The van der Waals surface area contributed by atoms with Gasteiger partial charge >= 0.3 is 48.2 Å². The fourth-order valence-corrected chi connectivity index (χ4v) is 13.6. The molecule has 0 aromatic rings. The Hall–Kier alpha value is -3.76. The molecule has 7 unspecified atom stereocenters. The van der Waals surface area contributed by atoms with Crippen LogP contribution in [-0.2, 0) is 57.2 Å². The number of hydrogen-bond donors (Lipinski definition) is 4. The Morgan fingerprint density at radius 3 is 1.48 bits per heavy atom. The SMILES string of the molecule is CC1C2CC(C(C)(C)OC(=O)CC(=O)O)C(O2)C1(C)C.CCC(C)(C)C(=O)OC1(C(O)(C(F)(F)F)C(F)(F)F)CCCC1.CCC(C)(C)C(=O)OC12CC3CC(C(C)(C)O)(C1)CC(C(C)(C)O)(C3)C2.CCC(C)(C)C(=O)OC1CCOC1=O. The number of carboxylic acid groups (broad SMARTS) is 1. The van der Waals surface area contributed by atoms with Gasteiger partial charge in [0.05, 0.1) is 46.3 Å². The lowest BCUT2D eigenvalue weighted by Crippen LogP contribution is -2.71. The van der Waals surface area contributed by atoms with Gasteiger partial charge in [-0.05, 0) is 190 Å². The van der Waals surface area contributed by atoms with Crippen molar-refractivity contribution in [1.29, 1.82) is 0 Å². The van der Waals surface area contributed by atoms with Crippen molar-refractivity contribution in [3.05, 3.63) is 0 Å². The first-order valence-corrected chi connectivity index (χ1v) is 29.5. The van der Waals surface area contributed by atoms with Crippen LogP contribution in [0.3, 0.4) is 0 Å². The Morgan fingerprint density at radius 1 is 0.663 bits per heavy atom. The highest BCUT2D eigenvalue weighted by atomic mass is 19.4. The third kappa shape index (κ3) is 14.5. The van der Waals surface area contributed by atoms with Crippen molar-refractivity contribution in [1.82, 2.24) is 0 Å². The zero-order valence-corrected chi connectivity index (χ0v) is 52.4. The van der Waals surface area contributed by atoms with E-state index >= 15 is 0 Å². The molecule has 0 aromatic carbocycles. The van der Waals surface area contributed by atoms with Crippen molar-refractivity contribution in [2.24, 2.45) is 50.2 Å². The van der Waals surface area contributed by atoms with Crippen LogP contribution in [0.1, 0.15) is 227 Å². The van der Waals surface area contributed by atoms with Crippen LogP contribution >= 0.6 is 0 Å². The topological polar surface area (TPSA) is 239 Å². The van der Waals surface area contributed by atoms with Crippen molar-refractivity contribution in [2.45, 2.75) is 292 Å². The summed E-state index contributed by atoms with van der Waals surface area (Å²) in [4.78, 5) is 69.8. The summed E-state index contributed by atoms with van der Waals surface area (Å²) in [5.74, 6) is -2.95. The van der Waals surface area contributed by atoms with E-state index in [1.54, 1.807) is 20.8 Å². The number of halogens is 6. The molecular formula is C61H98F6O16. The molecule has 8 aliphatic rings. The zero-order valence-electron chi connectivity index (χ0n) is 52.4. The lowest BCUT2D eigenvalue weighted by atomic mass is 9.37. The summed E-state index contributed by atoms with van der Waals surface area (Å²) in [6.07, 6.45) is -6.52. The zero-order chi connectivity index (χ0) is 64.2. The molecule has 0 spiro atoms. The molecule has 8 fully saturated rings. The number of cyclic esters (lactones) is 1. The highest BCUT2D eigenvalue weighted by molar-refractivity contribution is 5.90. The van der Waals surface area contributed by atoms with Crippen LogP contribution in [0.5, 0.6) is 0 Å². The molecule has 5 saturated carbocycles. The largest absolute Gasteiger partial charge is 0.481 e. The van der Waals surface area contributed by atoms with Gasteiger partial charge in [-0.3, -0.25) is 24.0 Å². The van der Waals surface area contributed by atoms with Crippen LogP contribution in [-0.4, -0.2) is 127 Å². The number of carbonyl (C=O) groups excluding carboxylic acids is 5. The minimum absolute atomic E-state index is 0.00565. The maximum absolute atomic E-state index is 13.2. The quantitative estimate of drug-likeness (QED) is 0.0486.